The SMILES string of the molecule is [Lu].[Mn].[Ti].[Y]. The smallest absolute Gasteiger partial charge is 0 e. The topological polar surface area (TPSA) is 0 Å². The molecule has 29 valence electrons. The zero-order valence-electron chi connectivity index (χ0n) is 1.71. The summed E-state index contributed by atoms with van der Waals surface area (Å²) in [5, 5.41) is 0. The predicted octanol–water partition coefficient (Wildman–Crippen LogP) is -0.00750. The predicted molar refractivity (Wildman–Crippen MR) is 0 cm³/mol. The molecule has 0 bridgehead atoms. The van der Waals surface area contributed by atoms with Gasteiger partial charge in [0.2, 0.25) is 0 Å². The van der Waals surface area contributed by atoms with Crippen LogP contribution in [0, 0.1) is 36.9 Å². The van der Waals surface area contributed by atoms with E-state index in [2.05, 4.69) is 0 Å². The van der Waals surface area contributed by atoms with Gasteiger partial charge in [-0.05, 0) is 0 Å². The molecule has 0 aliphatic heterocycles. The first-order valence-electron chi connectivity index (χ1n) is 0. The summed E-state index contributed by atoms with van der Waals surface area (Å²) in [5.74, 6) is 0. The zero-order valence-corrected chi connectivity index (χ0v) is 8.95. The van der Waals surface area contributed by atoms with Crippen LogP contribution in [0.1, 0.15) is 0 Å². The Hall–Kier alpha value is 3.57. The molecule has 0 aromatic rings. The molecule has 0 nitrogen and oxygen atoms in total. The van der Waals surface area contributed by atoms with E-state index in [4.69, 9.17) is 0 Å². The van der Waals surface area contributed by atoms with Crippen molar-refractivity contribution in [2.24, 2.45) is 0 Å². The van der Waals surface area contributed by atoms with Crippen molar-refractivity contribution in [3.05, 3.63) is 0 Å². The summed E-state index contributed by atoms with van der Waals surface area (Å²) < 4.78 is 0. The van der Waals surface area contributed by atoms with Gasteiger partial charge in [0.15, 0.2) is 0 Å². The largest absolute Gasteiger partial charge is 0 e. The molecule has 0 aliphatic rings. The van der Waals surface area contributed by atoms with Gasteiger partial charge < -0.3 is 0 Å². The van der Waals surface area contributed by atoms with Crippen LogP contribution in [0.2, 0.25) is 0 Å². The Morgan fingerprint density at radius 1 is 1.00 bits per heavy atom. The quantitative estimate of drug-likeness (QED) is 0.529. The number of rotatable bonds is 0. The van der Waals surface area contributed by atoms with Crippen LogP contribution in [0.15, 0.2) is 0 Å². The molecule has 3 radical (unpaired) electrons. The van der Waals surface area contributed by atoms with Crippen molar-refractivity contribution in [1.82, 2.24) is 0 Å². The minimum atomic E-state index is 0. The van der Waals surface area contributed by atoms with Crippen LogP contribution in [0.3, 0.4) is 0 Å². The number of hydrogen-bond donors (Lipinski definition) is 0. The Morgan fingerprint density at radius 2 is 1.00 bits per heavy atom. The summed E-state index contributed by atoms with van der Waals surface area (Å²) >= 11 is 0. The molecule has 0 rings (SSSR count). The Morgan fingerprint density at radius 3 is 1.00 bits per heavy atom. The van der Waals surface area contributed by atoms with Gasteiger partial charge in [-0.25, -0.2) is 0 Å². The van der Waals surface area contributed by atoms with E-state index in [0.29, 0.717) is 0 Å². The van der Waals surface area contributed by atoms with Crippen LogP contribution in [-0.2, 0) is 71.5 Å². The fourth-order valence-electron chi connectivity index (χ4n) is 0. The Labute approximate surface area is 106 Å². The molecule has 4 heavy (non-hydrogen) atoms. The van der Waals surface area contributed by atoms with Crippen molar-refractivity contribution in [3.63, 3.8) is 0 Å². The van der Waals surface area contributed by atoms with Crippen LogP contribution in [0.5, 0.6) is 0 Å². The maximum atomic E-state index is 0. The zero-order chi connectivity index (χ0) is 0. The molecule has 0 atom stereocenters. The van der Waals surface area contributed by atoms with Gasteiger partial charge in [0.25, 0.3) is 0 Å². The van der Waals surface area contributed by atoms with Crippen molar-refractivity contribution in [2.75, 3.05) is 0 Å². The van der Waals surface area contributed by atoms with Gasteiger partial charge in [0, 0.05) is 108 Å². The molecular weight excluding hydrogens is 367 g/mol. The molecule has 0 aromatic carbocycles. The molecule has 0 N–H and O–H groups in total. The molecule has 0 aromatic heterocycles. The van der Waals surface area contributed by atoms with Crippen LogP contribution in [0.4, 0.5) is 0 Å². The molecule has 0 amide bonds. The normalized spacial score (nSPS) is 0. The van der Waals surface area contributed by atoms with Gasteiger partial charge in [0.1, 0.15) is 0 Å². The van der Waals surface area contributed by atoms with Crippen molar-refractivity contribution < 1.29 is 108 Å². The van der Waals surface area contributed by atoms with E-state index in [9.17, 15) is 0 Å². The standard InChI is InChI=1S/Lu.Mn.Ti.Y. The molecule has 0 aliphatic carbocycles. The molecule has 0 saturated heterocycles. The van der Waals surface area contributed by atoms with Gasteiger partial charge in [-0.2, -0.15) is 0 Å². The minimum absolute atomic E-state index is 0. The first-order valence-corrected chi connectivity index (χ1v) is 0. The Bertz CT molecular complexity index is 8.00. The van der Waals surface area contributed by atoms with Crippen molar-refractivity contribution in [3.8, 4) is 0 Å². The molecule has 0 unspecified atom stereocenters. The van der Waals surface area contributed by atoms with Gasteiger partial charge in [0.05, 0.1) is 0 Å². The fourth-order valence-corrected chi connectivity index (χ4v) is 0. The molecular formula is LuMnTiY. The van der Waals surface area contributed by atoms with E-state index in [1.54, 1.807) is 0 Å². The van der Waals surface area contributed by atoms with Gasteiger partial charge >= 0.3 is 0 Å². The average molecular weight is 367 g/mol. The van der Waals surface area contributed by atoms with E-state index in [1.807, 2.05) is 0 Å². The Balaban J connectivity index is 0. The first-order chi connectivity index (χ1) is 0. The second-order valence-corrected chi connectivity index (χ2v) is 0. The summed E-state index contributed by atoms with van der Waals surface area (Å²) in [6.07, 6.45) is 0. The minimum Gasteiger partial charge on any atom is 0 e. The third-order valence-electron chi connectivity index (χ3n) is 0. The van der Waals surface area contributed by atoms with Crippen LogP contribution in [-0.4, -0.2) is 0 Å². The van der Waals surface area contributed by atoms with Gasteiger partial charge in [-0.3, -0.25) is 0 Å². The second-order valence-electron chi connectivity index (χ2n) is 0. The van der Waals surface area contributed by atoms with Gasteiger partial charge in [-0.1, -0.05) is 0 Å². The van der Waals surface area contributed by atoms with E-state index in [-0.39, 0.29) is 108 Å². The summed E-state index contributed by atoms with van der Waals surface area (Å²) in [4.78, 5) is 0. The Kier molecular flexibility index (Phi) is 102. The fraction of sp³-hybridized carbons (Fsp3) is 0. The van der Waals surface area contributed by atoms with E-state index >= 15 is 0 Å². The van der Waals surface area contributed by atoms with E-state index in [0.717, 1.165) is 0 Å². The van der Waals surface area contributed by atoms with Gasteiger partial charge in [-0.15, -0.1) is 0 Å². The van der Waals surface area contributed by atoms with Crippen LogP contribution < -0.4 is 0 Å². The molecule has 0 saturated carbocycles. The summed E-state index contributed by atoms with van der Waals surface area (Å²) in [5.41, 5.74) is 0. The summed E-state index contributed by atoms with van der Waals surface area (Å²) in [7, 11) is 0. The summed E-state index contributed by atoms with van der Waals surface area (Å²) in [6.45, 7) is 0. The van der Waals surface area contributed by atoms with E-state index in [1.165, 1.54) is 0 Å². The molecule has 0 spiro atoms. The molecule has 0 heterocycles. The van der Waals surface area contributed by atoms with Crippen LogP contribution in [0.25, 0.3) is 0 Å². The van der Waals surface area contributed by atoms with Crippen molar-refractivity contribution in [1.29, 1.82) is 0 Å². The second kappa shape index (κ2) is 16.0. The summed E-state index contributed by atoms with van der Waals surface area (Å²) in [6, 6.07) is 0. The van der Waals surface area contributed by atoms with Crippen molar-refractivity contribution in [2.45, 2.75) is 0 Å². The molecule has 0 fully saturated rings. The first kappa shape index (κ1) is 25.6. The maximum absolute atomic E-state index is 0. The maximum Gasteiger partial charge on any atom is 0 e. The third-order valence-corrected chi connectivity index (χ3v) is 0. The monoisotopic (exact) mass is 367 g/mol. The van der Waals surface area contributed by atoms with Crippen LogP contribution >= 0.6 is 0 Å². The van der Waals surface area contributed by atoms with Crippen molar-refractivity contribution >= 4 is 0 Å². The molecule has 4 heteroatoms. The number of hydrogen-bond acceptors (Lipinski definition) is 0. The third kappa shape index (κ3) is 9.13. The van der Waals surface area contributed by atoms with E-state index < -0.39 is 0 Å². The average Bonchev–Trinajstić information content (AvgIpc) is 0.